The number of benzene rings is 1. The van der Waals surface area contributed by atoms with Gasteiger partial charge in [-0.1, -0.05) is 12.1 Å². The molecule has 0 N–H and O–H groups in total. The van der Waals surface area contributed by atoms with E-state index in [1.54, 1.807) is 24.6 Å². The molecule has 122 valence electrons. The number of Topliss-reactive ketones (excluding diaryl/α,β-unsaturated/α-hetero) is 1. The van der Waals surface area contributed by atoms with Crippen molar-refractivity contribution in [1.82, 2.24) is 9.97 Å². The Balaban J connectivity index is 1.59. The van der Waals surface area contributed by atoms with Crippen LogP contribution in [0, 0.1) is 0 Å². The molecule has 4 rings (SSSR count). The predicted molar refractivity (Wildman–Crippen MR) is 95.0 cm³/mol. The summed E-state index contributed by atoms with van der Waals surface area (Å²) >= 11 is 1.76. The van der Waals surface area contributed by atoms with E-state index in [0.29, 0.717) is 12.3 Å². The maximum Gasteiger partial charge on any atom is 0.231 e. The third-order valence-corrected chi connectivity index (χ3v) is 5.57. The summed E-state index contributed by atoms with van der Waals surface area (Å²) < 4.78 is 6.04. The molecule has 2 heterocycles. The fraction of sp³-hybridized carbons (Fsp3) is 0.316. The van der Waals surface area contributed by atoms with Crippen molar-refractivity contribution in [3.8, 4) is 11.6 Å². The molecule has 0 spiro atoms. The SMILES string of the molecule is CC(=O)CCc1ccc(Oc2ncnc3sc4c(c23)CCC4)cc1. The fourth-order valence-corrected chi connectivity index (χ4v) is 4.35. The smallest absolute Gasteiger partial charge is 0.231 e. The fourth-order valence-electron chi connectivity index (χ4n) is 3.13. The largest absolute Gasteiger partial charge is 0.438 e. The minimum atomic E-state index is 0.213. The van der Waals surface area contributed by atoms with E-state index in [2.05, 4.69) is 9.97 Å². The molecule has 1 aliphatic carbocycles. The van der Waals surface area contributed by atoms with E-state index in [0.717, 1.165) is 40.8 Å². The van der Waals surface area contributed by atoms with Crippen molar-refractivity contribution in [2.24, 2.45) is 0 Å². The first-order valence-corrected chi connectivity index (χ1v) is 9.04. The summed E-state index contributed by atoms with van der Waals surface area (Å²) in [5, 5.41) is 1.08. The Bertz CT molecular complexity index is 900. The van der Waals surface area contributed by atoms with Gasteiger partial charge in [0.1, 0.15) is 22.7 Å². The zero-order valence-corrected chi connectivity index (χ0v) is 14.4. The number of fused-ring (bicyclic) bond motifs is 3. The van der Waals surface area contributed by atoms with E-state index >= 15 is 0 Å². The lowest BCUT2D eigenvalue weighted by atomic mass is 10.1. The topological polar surface area (TPSA) is 52.1 Å². The second-order valence-corrected chi connectivity index (χ2v) is 7.25. The van der Waals surface area contributed by atoms with Gasteiger partial charge in [0.25, 0.3) is 0 Å². The Morgan fingerprint density at radius 2 is 2.04 bits per heavy atom. The van der Waals surface area contributed by atoms with Crippen LogP contribution in [0.15, 0.2) is 30.6 Å². The molecule has 0 atom stereocenters. The summed E-state index contributed by atoms with van der Waals surface area (Å²) in [6.45, 7) is 1.62. The van der Waals surface area contributed by atoms with Crippen molar-refractivity contribution in [2.45, 2.75) is 39.0 Å². The Morgan fingerprint density at radius 3 is 2.83 bits per heavy atom. The quantitative estimate of drug-likeness (QED) is 0.687. The summed E-state index contributed by atoms with van der Waals surface area (Å²) in [4.78, 5) is 22.3. The number of aromatic nitrogens is 2. The van der Waals surface area contributed by atoms with Crippen LogP contribution < -0.4 is 4.74 Å². The van der Waals surface area contributed by atoms with Gasteiger partial charge in [0.15, 0.2) is 0 Å². The molecule has 5 heteroatoms. The molecule has 1 aromatic carbocycles. The van der Waals surface area contributed by atoms with Gasteiger partial charge in [-0.2, -0.15) is 0 Å². The Hall–Kier alpha value is -2.27. The van der Waals surface area contributed by atoms with Crippen LogP contribution in [0.3, 0.4) is 0 Å². The minimum Gasteiger partial charge on any atom is -0.438 e. The molecular weight excluding hydrogens is 320 g/mol. The molecule has 24 heavy (non-hydrogen) atoms. The molecule has 4 nitrogen and oxygen atoms in total. The Kier molecular flexibility index (Phi) is 4.02. The lowest BCUT2D eigenvalue weighted by Crippen LogP contribution is -1.94. The van der Waals surface area contributed by atoms with Crippen LogP contribution in [0.4, 0.5) is 0 Å². The highest BCUT2D eigenvalue weighted by Crippen LogP contribution is 2.40. The molecule has 2 aromatic heterocycles. The molecule has 1 aliphatic rings. The number of ether oxygens (including phenoxy) is 1. The van der Waals surface area contributed by atoms with Gasteiger partial charge in [-0.25, -0.2) is 9.97 Å². The second kappa shape index (κ2) is 6.32. The highest BCUT2D eigenvalue weighted by molar-refractivity contribution is 7.18. The number of carbonyl (C=O) groups excluding carboxylic acids is 1. The van der Waals surface area contributed by atoms with E-state index in [1.807, 2.05) is 24.3 Å². The lowest BCUT2D eigenvalue weighted by Gasteiger charge is -2.07. The van der Waals surface area contributed by atoms with Crippen molar-refractivity contribution in [2.75, 3.05) is 0 Å². The molecule has 0 unspecified atom stereocenters. The molecule has 0 fully saturated rings. The van der Waals surface area contributed by atoms with Crippen molar-refractivity contribution in [3.63, 3.8) is 0 Å². The molecule has 3 aromatic rings. The van der Waals surface area contributed by atoms with E-state index < -0.39 is 0 Å². The van der Waals surface area contributed by atoms with Gasteiger partial charge < -0.3 is 9.53 Å². The van der Waals surface area contributed by atoms with Gasteiger partial charge in [0.2, 0.25) is 5.88 Å². The first-order chi connectivity index (χ1) is 11.7. The number of rotatable bonds is 5. The predicted octanol–water partition coefficient (Wildman–Crippen LogP) is 4.49. The average molecular weight is 338 g/mol. The van der Waals surface area contributed by atoms with Crippen molar-refractivity contribution < 1.29 is 9.53 Å². The standard InChI is InChI=1S/C19H18N2O2S/c1-12(22)5-6-13-7-9-14(10-8-13)23-18-17-15-3-2-4-16(15)24-19(17)21-11-20-18/h7-11H,2-6H2,1H3. The van der Waals surface area contributed by atoms with Gasteiger partial charge >= 0.3 is 0 Å². The third-order valence-electron chi connectivity index (χ3n) is 4.37. The Labute approximate surface area is 144 Å². The van der Waals surface area contributed by atoms with Crippen LogP contribution in [-0.4, -0.2) is 15.8 Å². The minimum absolute atomic E-state index is 0.213. The van der Waals surface area contributed by atoms with E-state index in [-0.39, 0.29) is 5.78 Å². The maximum atomic E-state index is 11.1. The van der Waals surface area contributed by atoms with Gasteiger partial charge in [0, 0.05) is 11.3 Å². The number of nitrogens with zero attached hydrogens (tertiary/aromatic N) is 2. The highest BCUT2D eigenvalue weighted by atomic mass is 32.1. The van der Waals surface area contributed by atoms with Gasteiger partial charge in [-0.15, -0.1) is 11.3 Å². The summed E-state index contributed by atoms with van der Waals surface area (Å²) in [5.74, 6) is 1.63. The number of carbonyl (C=O) groups is 1. The van der Waals surface area contributed by atoms with Gasteiger partial charge in [-0.3, -0.25) is 0 Å². The number of hydrogen-bond acceptors (Lipinski definition) is 5. The Morgan fingerprint density at radius 1 is 1.21 bits per heavy atom. The molecule has 0 saturated carbocycles. The van der Waals surface area contributed by atoms with Crippen molar-refractivity contribution >= 4 is 27.3 Å². The van der Waals surface area contributed by atoms with Crippen LogP contribution in [0.25, 0.3) is 10.2 Å². The van der Waals surface area contributed by atoms with Crippen LogP contribution in [0.2, 0.25) is 0 Å². The van der Waals surface area contributed by atoms with Crippen LogP contribution in [-0.2, 0) is 24.1 Å². The van der Waals surface area contributed by atoms with E-state index in [9.17, 15) is 4.79 Å². The monoisotopic (exact) mass is 338 g/mol. The number of aryl methyl sites for hydroxylation is 3. The first-order valence-electron chi connectivity index (χ1n) is 8.22. The molecule has 0 aliphatic heterocycles. The van der Waals surface area contributed by atoms with Gasteiger partial charge in [0.05, 0.1) is 5.39 Å². The molecule has 0 amide bonds. The van der Waals surface area contributed by atoms with Crippen LogP contribution in [0.1, 0.15) is 35.8 Å². The molecule has 0 radical (unpaired) electrons. The van der Waals surface area contributed by atoms with Crippen LogP contribution >= 0.6 is 11.3 Å². The van der Waals surface area contributed by atoms with E-state index in [1.165, 1.54) is 16.9 Å². The van der Waals surface area contributed by atoms with Crippen molar-refractivity contribution in [1.29, 1.82) is 0 Å². The van der Waals surface area contributed by atoms with Crippen molar-refractivity contribution in [3.05, 3.63) is 46.6 Å². The highest BCUT2D eigenvalue weighted by Gasteiger charge is 2.22. The van der Waals surface area contributed by atoms with Gasteiger partial charge in [-0.05, 0) is 55.9 Å². The number of ketones is 1. The first kappa shape index (κ1) is 15.3. The normalized spacial score (nSPS) is 13.2. The molecule has 0 saturated heterocycles. The summed E-state index contributed by atoms with van der Waals surface area (Å²) in [6, 6.07) is 7.90. The number of hydrogen-bond donors (Lipinski definition) is 0. The summed E-state index contributed by atoms with van der Waals surface area (Å²) in [5.41, 5.74) is 2.51. The maximum absolute atomic E-state index is 11.1. The third kappa shape index (κ3) is 2.91. The average Bonchev–Trinajstić information content (AvgIpc) is 3.15. The zero-order chi connectivity index (χ0) is 16.5. The second-order valence-electron chi connectivity index (χ2n) is 6.16. The molecule has 0 bridgehead atoms. The summed E-state index contributed by atoms with van der Waals surface area (Å²) in [6.07, 6.45) is 6.35. The lowest BCUT2D eigenvalue weighted by molar-refractivity contribution is -0.116. The van der Waals surface area contributed by atoms with E-state index in [4.69, 9.17) is 4.74 Å². The zero-order valence-electron chi connectivity index (χ0n) is 13.5. The van der Waals surface area contributed by atoms with Crippen LogP contribution in [0.5, 0.6) is 11.6 Å². The molecular formula is C19H18N2O2S. The number of thiophene rings is 1. The summed E-state index contributed by atoms with van der Waals surface area (Å²) in [7, 11) is 0.